The van der Waals surface area contributed by atoms with Gasteiger partial charge in [-0.3, -0.25) is 0 Å². The number of hydrogen-bond acceptors (Lipinski definition) is 3. The third kappa shape index (κ3) is 3.09. The van der Waals surface area contributed by atoms with Gasteiger partial charge in [-0.15, -0.1) is 0 Å². The van der Waals surface area contributed by atoms with Crippen molar-refractivity contribution in [2.24, 2.45) is 0 Å². The third-order valence-corrected chi connectivity index (χ3v) is 6.11. The Morgan fingerprint density at radius 1 is 0.909 bits per heavy atom. The van der Waals surface area contributed by atoms with Gasteiger partial charge in [-0.25, -0.2) is 9.48 Å². The molecule has 160 valence electrons. The molecule has 33 heavy (non-hydrogen) atoms. The van der Waals surface area contributed by atoms with Crippen LogP contribution in [0.3, 0.4) is 0 Å². The lowest BCUT2D eigenvalue weighted by molar-refractivity contribution is -0.136. The predicted octanol–water partition coefficient (Wildman–Crippen LogP) is 5.73. The fraction of sp³-hybridized carbons (Fsp3) is 0.0714. The summed E-state index contributed by atoms with van der Waals surface area (Å²) in [6.07, 6.45) is 1.87. The molecule has 0 radical (unpaired) electrons. The molecule has 0 bridgehead atoms. The highest BCUT2D eigenvalue weighted by Crippen LogP contribution is 2.42. The third-order valence-electron chi connectivity index (χ3n) is 6.11. The molecule has 0 fully saturated rings. The summed E-state index contributed by atoms with van der Waals surface area (Å²) < 4.78 is 9.27. The minimum atomic E-state index is -0.345. The van der Waals surface area contributed by atoms with E-state index in [-0.39, 0.29) is 5.97 Å². The van der Waals surface area contributed by atoms with Gasteiger partial charge in [0.25, 0.3) is 0 Å². The lowest BCUT2D eigenvalue weighted by Crippen LogP contribution is -2.11. The number of hydrogen-bond donors (Lipinski definition) is 0. The monoisotopic (exact) mass is 431 g/mol. The van der Waals surface area contributed by atoms with Crippen molar-refractivity contribution in [2.45, 2.75) is 6.54 Å². The van der Waals surface area contributed by atoms with Crippen molar-refractivity contribution >= 4 is 22.9 Å². The maximum atomic E-state index is 12.7. The van der Waals surface area contributed by atoms with E-state index in [1.54, 1.807) is 0 Å². The summed E-state index contributed by atoms with van der Waals surface area (Å²) in [5.41, 5.74) is 7.42. The lowest BCUT2D eigenvalue weighted by atomic mass is 10.0. The Morgan fingerprint density at radius 2 is 1.61 bits per heavy atom. The number of nitrogens with zero attached hydrogens (tertiary/aromatic N) is 3. The van der Waals surface area contributed by atoms with Crippen LogP contribution in [0.2, 0.25) is 0 Å². The predicted molar refractivity (Wildman–Crippen MR) is 130 cm³/mol. The molecule has 0 saturated carbocycles. The van der Waals surface area contributed by atoms with Crippen molar-refractivity contribution in [3.8, 4) is 28.2 Å². The average molecular weight is 431 g/mol. The van der Waals surface area contributed by atoms with Crippen LogP contribution in [0.4, 0.5) is 0 Å². The van der Waals surface area contributed by atoms with Crippen LogP contribution in [0.25, 0.3) is 45.2 Å². The van der Waals surface area contributed by atoms with Crippen LogP contribution >= 0.6 is 0 Å². The van der Waals surface area contributed by atoms with Gasteiger partial charge >= 0.3 is 5.97 Å². The van der Waals surface area contributed by atoms with Crippen molar-refractivity contribution in [3.63, 3.8) is 0 Å². The minimum absolute atomic E-state index is 0.345. The van der Waals surface area contributed by atoms with Gasteiger partial charge in [0, 0.05) is 16.5 Å². The molecule has 5 aromatic rings. The second-order valence-electron chi connectivity index (χ2n) is 8.06. The summed E-state index contributed by atoms with van der Waals surface area (Å²) in [6.45, 7) is 0.422. The quantitative estimate of drug-likeness (QED) is 0.343. The highest BCUT2D eigenvalue weighted by atomic mass is 16.5. The van der Waals surface area contributed by atoms with Crippen LogP contribution in [-0.4, -0.2) is 27.4 Å². The normalized spacial score (nSPS) is 12.6. The number of ether oxygens (including phenoxy) is 1. The Morgan fingerprint density at radius 3 is 2.36 bits per heavy atom. The van der Waals surface area contributed by atoms with Crippen LogP contribution in [0.5, 0.6) is 0 Å². The SMILES string of the molecule is COC(=O)C1=Cc2nn(-c3ccccc3)c(-c3ccccc3)c2-c2cc3ccccc3n2C1. The van der Waals surface area contributed by atoms with E-state index in [1.807, 2.05) is 71.4 Å². The molecular weight excluding hydrogens is 410 g/mol. The molecule has 0 amide bonds. The summed E-state index contributed by atoms with van der Waals surface area (Å²) >= 11 is 0. The lowest BCUT2D eigenvalue weighted by Gasteiger charge is -2.13. The second kappa shape index (κ2) is 7.64. The molecule has 1 aliphatic rings. The average Bonchev–Trinajstić information content (AvgIpc) is 3.38. The Hall–Kier alpha value is -4.38. The molecule has 0 saturated heterocycles. The fourth-order valence-corrected chi connectivity index (χ4v) is 4.63. The van der Waals surface area contributed by atoms with Crippen molar-refractivity contribution in [1.82, 2.24) is 14.3 Å². The summed E-state index contributed by atoms with van der Waals surface area (Å²) in [5.74, 6) is -0.345. The van der Waals surface area contributed by atoms with E-state index in [0.717, 1.165) is 44.8 Å². The molecular formula is C28H21N3O2. The molecule has 0 N–H and O–H groups in total. The number of para-hydroxylation sites is 2. The molecule has 0 unspecified atom stereocenters. The van der Waals surface area contributed by atoms with Gasteiger partial charge in [-0.2, -0.15) is 5.10 Å². The highest BCUT2D eigenvalue weighted by molar-refractivity contribution is 6.00. The first kappa shape index (κ1) is 19.3. The first-order chi connectivity index (χ1) is 16.2. The van der Waals surface area contributed by atoms with Crippen LogP contribution in [0.15, 0.2) is 96.6 Å². The Labute approximate surface area is 191 Å². The van der Waals surface area contributed by atoms with Gasteiger partial charge in [0.05, 0.1) is 47.6 Å². The summed E-state index contributed by atoms with van der Waals surface area (Å²) in [5, 5.41) is 6.13. The number of carbonyl (C=O) groups is 1. The molecule has 6 rings (SSSR count). The maximum Gasteiger partial charge on any atom is 0.335 e. The Bertz CT molecular complexity index is 1530. The van der Waals surface area contributed by atoms with E-state index < -0.39 is 0 Å². The topological polar surface area (TPSA) is 49.0 Å². The van der Waals surface area contributed by atoms with Crippen molar-refractivity contribution in [3.05, 3.63) is 102 Å². The number of fused-ring (bicyclic) bond motifs is 5. The van der Waals surface area contributed by atoms with E-state index >= 15 is 0 Å². The first-order valence-electron chi connectivity index (χ1n) is 10.9. The summed E-state index contributed by atoms with van der Waals surface area (Å²) in [6, 6.07) is 30.8. The van der Waals surface area contributed by atoms with Gasteiger partial charge in [-0.05, 0) is 30.3 Å². The van der Waals surface area contributed by atoms with Gasteiger partial charge in [0.2, 0.25) is 0 Å². The number of benzene rings is 3. The van der Waals surface area contributed by atoms with Crippen LogP contribution in [0, 0.1) is 0 Å². The molecule has 5 heteroatoms. The zero-order chi connectivity index (χ0) is 22.4. The molecule has 3 heterocycles. The van der Waals surface area contributed by atoms with E-state index in [1.165, 1.54) is 7.11 Å². The number of methoxy groups -OCH3 is 1. The highest BCUT2D eigenvalue weighted by Gasteiger charge is 2.28. The summed E-state index contributed by atoms with van der Waals surface area (Å²) in [4.78, 5) is 12.7. The number of aromatic nitrogens is 3. The van der Waals surface area contributed by atoms with E-state index in [0.29, 0.717) is 12.1 Å². The fourth-order valence-electron chi connectivity index (χ4n) is 4.63. The van der Waals surface area contributed by atoms with E-state index in [2.05, 4.69) is 34.9 Å². The van der Waals surface area contributed by atoms with Crippen molar-refractivity contribution in [2.75, 3.05) is 7.11 Å². The molecule has 0 spiro atoms. The second-order valence-corrected chi connectivity index (χ2v) is 8.06. The van der Waals surface area contributed by atoms with Crippen molar-refractivity contribution < 1.29 is 9.53 Å². The molecule has 5 nitrogen and oxygen atoms in total. The molecule has 3 aromatic carbocycles. The standard InChI is InChI=1S/C28H21N3O2/c1-33-28(32)21-16-23-26(25-17-20-12-8-9-15-24(20)30(25)18-21)27(19-10-4-2-5-11-19)31(29-23)22-13-6-3-7-14-22/h2-17H,18H2,1H3. The van der Waals surface area contributed by atoms with Crippen LogP contribution in [0.1, 0.15) is 5.69 Å². The smallest absolute Gasteiger partial charge is 0.335 e. The van der Waals surface area contributed by atoms with Crippen molar-refractivity contribution in [1.29, 1.82) is 0 Å². The van der Waals surface area contributed by atoms with E-state index in [4.69, 9.17) is 9.84 Å². The molecule has 1 aliphatic heterocycles. The van der Waals surface area contributed by atoms with Gasteiger partial charge in [-0.1, -0.05) is 66.7 Å². The minimum Gasteiger partial charge on any atom is -0.466 e. The molecule has 0 aliphatic carbocycles. The van der Waals surface area contributed by atoms with Gasteiger partial charge in [0.1, 0.15) is 0 Å². The van der Waals surface area contributed by atoms with E-state index in [9.17, 15) is 4.79 Å². The maximum absolute atomic E-state index is 12.7. The largest absolute Gasteiger partial charge is 0.466 e. The van der Waals surface area contributed by atoms with Crippen LogP contribution < -0.4 is 0 Å². The number of rotatable bonds is 3. The molecule has 2 aromatic heterocycles. The van der Waals surface area contributed by atoms with Gasteiger partial charge in [0.15, 0.2) is 0 Å². The number of carbonyl (C=O) groups excluding carboxylic acids is 1. The molecule has 0 atom stereocenters. The Balaban J connectivity index is 1.75. The first-order valence-corrected chi connectivity index (χ1v) is 10.9. The Kier molecular flexibility index (Phi) is 4.47. The number of esters is 1. The zero-order valence-corrected chi connectivity index (χ0v) is 18.1. The summed E-state index contributed by atoms with van der Waals surface area (Å²) in [7, 11) is 1.42. The van der Waals surface area contributed by atoms with Crippen LogP contribution in [-0.2, 0) is 16.1 Å². The zero-order valence-electron chi connectivity index (χ0n) is 18.1. The van der Waals surface area contributed by atoms with Gasteiger partial charge < -0.3 is 9.30 Å².